The van der Waals surface area contributed by atoms with Crippen LogP contribution in [0.4, 0.5) is 0 Å². The summed E-state index contributed by atoms with van der Waals surface area (Å²) in [5, 5.41) is 7.63. The van der Waals surface area contributed by atoms with E-state index in [2.05, 4.69) is 49.9 Å². The van der Waals surface area contributed by atoms with Crippen LogP contribution in [-0.2, 0) is 12.8 Å². The molecule has 3 nitrogen and oxygen atoms in total. The number of nitrogens with zero attached hydrogens (tertiary/aromatic N) is 2. The lowest BCUT2D eigenvalue weighted by Gasteiger charge is -2.14. The van der Waals surface area contributed by atoms with Gasteiger partial charge in [0.25, 0.3) is 0 Å². The Labute approximate surface area is 124 Å². The molecule has 2 aromatic heterocycles. The Balaban J connectivity index is 2.14. The first-order chi connectivity index (χ1) is 8.74. The summed E-state index contributed by atoms with van der Waals surface area (Å²) in [7, 11) is 2.00. The zero-order valence-electron chi connectivity index (χ0n) is 10.4. The molecule has 0 fully saturated rings. The monoisotopic (exact) mass is 345 g/mol. The maximum Gasteiger partial charge on any atom is 0.0803 e. The smallest absolute Gasteiger partial charge is 0.0803 e. The van der Waals surface area contributed by atoms with Gasteiger partial charge in [0, 0.05) is 17.3 Å². The molecule has 2 aromatic rings. The molecule has 0 saturated heterocycles. The van der Waals surface area contributed by atoms with Crippen molar-refractivity contribution >= 4 is 38.8 Å². The van der Waals surface area contributed by atoms with Crippen molar-refractivity contribution < 1.29 is 0 Å². The lowest BCUT2D eigenvalue weighted by Crippen LogP contribution is -2.18. The van der Waals surface area contributed by atoms with Gasteiger partial charge in [-0.15, -0.1) is 16.4 Å². The van der Waals surface area contributed by atoms with Crippen molar-refractivity contribution in [3.63, 3.8) is 0 Å². The second-order valence-corrected chi connectivity index (χ2v) is 7.42. The number of nitrogens with one attached hydrogen (secondary N) is 1. The zero-order chi connectivity index (χ0) is 13.0. The van der Waals surface area contributed by atoms with Gasteiger partial charge in [-0.1, -0.05) is 17.8 Å². The largest absolute Gasteiger partial charge is 0.312 e. The van der Waals surface area contributed by atoms with Crippen molar-refractivity contribution in [3.8, 4) is 0 Å². The molecule has 18 heavy (non-hydrogen) atoms. The minimum absolute atomic E-state index is 0.317. The van der Waals surface area contributed by atoms with Crippen LogP contribution in [0, 0.1) is 0 Å². The molecular formula is C12H16BrN3S2. The second-order valence-electron chi connectivity index (χ2n) is 4.09. The van der Waals surface area contributed by atoms with E-state index in [0.717, 1.165) is 25.0 Å². The van der Waals surface area contributed by atoms with Crippen LogP contribution in [0.5, 0.6) is 0 Å². The van der Waals surface area contributed by atoms with E-state index in [1.807, 2.05) is 7.05 Å². The SMILES string of the molecule is CCCc1nnsc1C(Cc1ccc(Br)s1)NC. The van der Waals surface area contributed by atoms with Crippen molar-refractivity contribution in [1.29, 1.82) is 0 Å². The van der Waals surface area contributed by atoms with Gasteiger partial charge in [0.05, 0.1) is 14.4 Å². The first kappa shape index (κ1) is 14.1. The van der Waals surface area contributed by atoms with Gasteiger partial charge in [-0.05, 0) is 53.1 Å². The van der Waals surface area contributed by atoms with E-state index in [4.69, 9.17) is 0 Å². The number of hydrogen-bond acceptors (Lipinski definition) is 5. The lowest BCUT2D eigenvalue weighted by atomic mass is 10.1. The fraction of sp³-hybridized carbons (Fsp3) is 0.500. The highest BCUT2D eigenvalue weighted by atomic mass is 79.9. The summed E-state index contributed by atoms with van der Waals surface area (Å²) in [6.45, 7) is 2.17. The molecule has 0 aliphatic rings. The van der Waals surface area contributed by atoms with Crippen LogP contribution in [0.2, 0.25) is 0 Å². The van der Waals surface area contributed by atoms with Gasteiger partial charge in [0.2, 0.25) is 0 Å². The number of thiophene rings is 1. The standard InChI is InChI=1S/C12H16BrN3S2/c1-3-4-9-12(18-16-15-9)10(14-2)7-8-5-6-11(13)17-8/h5-6,10,14H,3-4,7H2,1-2H3. The average Bonchev–Trinajstić information content (AvgIpc) is 2.96. The van der Waals surface area contributed by atoms with E-state index < -0.39 is 0 Å². The molecule has 0 radical (unpaired) electrons. The van der Waals surface area contributed by atoms with E-state index in [1.54, 1.807) is 11.3 Å². The summed E-state index contributed by atoms with van der Waals surface area (Å²) >= 11 is 6.81. The third-order valence-corrected chi connectivity index (χ3v) is 5.30. The highest BCUT2D eigenvalue weighted by Gasteiger charge is 2.18. The van der Waals surface area contributed by atoms with Gasteiger partial charge < -0.3 is 5.32 Å². The lowest BCUT2D eigenvalue weighted by molar-refractivity contribution is 0.598. The maximum atomic E-state index is 4.24. The number of rotatable bonds is 6. The summed E-state index contributed by atoms with van der Waals surface area (Å²) in [5.74, 6) is 0. The van der Waals surface area contributed by atoms with Crippen molar-refractivity contribution in [3.05, 3.63) is 31.4 Å². The molecule has 0 aliphatic heterocycles. The molecule has 0 saturated carbocycles. The topological polar surface area (TPSA) is 37.8 Å². The fourth-order valence-electron chi connectivity index (χ4n) is 1.88. The van der Waals surface area contributed by atoms with E-state index in [1.165, 1.54) is 25.1 Å². The number of hydrogen-bond donors (Lipinski definition) is 1. The van der Waals surface area contributed by atoms with Gasteiger partial charge in [0.15, 0.2) is 0 Å². The summed E-state index contributed by atoms with van der Waals surface area (Å²) < 4.78 is 5.29. The number of aromatic nitrogens is 2. The Hall–Kier alpha value is -0.300. The van der Waals surface area contributed by atoms with Gasteiger partial charge in [-0.3, -0.25) is 0 Å². The Bertz CT molecular complexity index is 495. The van der Waals surface area contributed by atoms with Crippen molar-refractivity contribution in [2.45, 2.75) is 32.2 Å². The summed E-state index contributed by atoms with van der Waals surface area (Å²) in [4.78, 5) is 2.65. The van der Waals surface area contributed by atoms with Crippen LogP contribution < -0.4 is 5.32 Å². The summed E-state index contributed by atoms with van der Waals surface area (Å²) in [6.07, 6.45) is 3.12. The molecule has 2 heterocycles. The van der Waals surface area contributed by atoms with Gasteiger partial charge in [0.1, 0.15) is 0 Å². The Morgan fingerprint density at radius 2 is 2.28 bits per heavy atom. The number of halogens is 1. The maximum absolute atomic E-state index is 4.24. The van der Waals surface area contributed by atoms with Crippen LogP contribution in [0.3, 0.4) is 0 Å². The molecule has 1 N–H and O–H groups in total. The Kier molecular flexibility index (Phi) is 5.29. The van der Waals surface area contributed by atoms with Gasteiger partial charge in [-0.25, -0.2) is 0 Å². The quantitative estimate of drug-likeness (QED) is 0.864. The molecule has 2 rings (SSSR count). The molecule has 0 aromatic carbocycles. The summed E-state index contributed by atoms with van der Waals surface area (Å²) in [5.41, 5.74) is 1.15. The average molecular weight is 346 g/mol. The van der Waals surface area contributed by atoms with E-state index in [0.29, 0.717) is 6.04 Å². The normalized spacial score (nSPS) is 12.8. The molecule has 1 unspecified atom stereocenters. The highest BCUT2D eigenvalue weighted by molar-refractivity contribution is 9.11. The molecule has 1 atom stereocenters. The van der Waals surface area contributed by atoms with Crippen LogP contribution >= 0.6 is 38.8 Å². The van der Waals surface area contributed by atoms with Crippen molar-refractivity contribution in [2.24, 2.45) is 0 Å². The third-order valence-electron chi connectivity index (χ3n) is 2.77. The molecule has 0 amide bonds. The zero-order valence-corrected chi connectivity index (χ0v) is 13.7. The van der Waals surface area contributed by atoms with Crippen LogP contribution in [0.15, 0.2) is 15.9 Å². The number of likely N-dealkylation sites (N-methyl/N-ethyl adjacent to an activating group) is 1. The Morgan fingerprint density at radius 1 is 1.44 bits per heavy atom. The molecule has 6 heteroatoms. The third kappa shape index (κ3) is 3.38. The predicted octanol–water partition coefficient (Wildman–Crippen LogP) is 3.82. The van der Waals surface area contributed by atoms with E-state index in [-0.39, 0.29) is 0 Å². The van der Waals surface area contributed by atoms with Crippen LogP contribution in [0.25, 0.3) is 0 Å². The first-order valence-corrected chi connectivity index (χ1v) is 8.35. The summed E-state index contributed by atoms with van der Waals surface area (Å²) in [6, 6.07) is 4.59. The van der Waals surface area contributed by atoms with Gasteiger partial charge in [-0.2, -0.15) is 0 Å². The van der Waals surface area contributed by atoms with Crippen molar-refractivity contribution in [2.75, 3.05) is 7.05 Å². The van der Waals surface area contributed by atoms with Crippen LogP contribution in [0.1, 0.15) is 34.8 Å². The molecule has 0 bridgehead atoms. The Morgan fingerprint density at radius 3 is 2.89 bits per heavy atom. The molecule has 0 spiro atoms. The highest BCUT2D eigenvalue weighted by Crippen LogP contribution is 2.29. The van der Waals surface area contributed by atoms with E-state index in [9.17, 15) is 0 Å². The predicted molar refractivity (Wildman–Crippen MR) is 81.4 cm³/mol. The fourth-order valence-corrected chi connectivity index (χ4v) is 4.21. The second kappa shape index (κ2) is 6.75. The van der Waals surface area contributed by atoms with Crippen LogP contribution in [-0.4, -0.2) is 16.6 Å². The number of aryl methyl sites for hydroxylation is 1. The first-order valence-electron chi connectivity index (χ1n) is 5.97. The minimum atomic E-state index is 0.317. The molecule has 0 aliphatic carbocycles. The molecular weight excluding hydrogens is 330 g/mol. The molecule has 98 valence electrons. The van der Waals surface area contributed by atoms with Crippen molar-refractivity contribution in [1.82, 2.24) is 14.9 Å². The minimum Gasteiger partial charge on any atom is -0.312 e. The van der Waals surface area contributed by atoms with E-state index >= 15 is 0 Å². The van der Waals surface area contributed by atoms with Gasteiger partial charge >= 0.3 is 0 Å².